The molecule has 108 valence electrons. The van der Waals surface area contributed by atoms with E-state index in [0.29, 0.717) is 10.4 Å². The van der Waals surface area contributed by atoms with Gasteiger partial charge in [-0.1, -0.05) is 12.1 Å². The van der Waals surface area contributed by atoms with E-state index in [-0.39, 0.29) is 5.91 Å². The molecule has 1 aliphatic carbocycles. The summed E-state index contributed by atoms with van der Waals surface area (Å²) in [6, 6.07) is 9.73. The summed E-state index contributed by atoms with van der Waals surface area (Å²) < 4.78 is 5.98. The van der Waals surface area contributed by atoms with Crippen LogP contribution in [0, 0.1) is 0 Å². The van der Waals surface area contributed by atoms with Crippen molar-refractivity contribution in [1.29, 1.82) is 0 Å². The van der Waals surface area contributed by atoms with Crippen LogP contribution in [0.1, 0.15) is 29.7 Å². The first-order chi connectivity index (χ1) is 10.2. The molecule has 1 aromatic heterocycles. The van der Waals surface area contributed by atoms with E-state index < -0.39 is 0 Å². The van der Waals surface area contributed by atoms with E-state index in [4.69, 9.17) is 4.42 Å². The molecular formula is C17H16BrNO2. The molecule has 1 aliphatic rings. The average Bonchev–Trinajstić information content (AvgIpc) is 2.91. The Morgan fingerprint density at radius 3 is 2.86 bits per heavy atom. The zero-order valence-electron chi connectivity index (χ0n) is 11.6. The Bertz CT molecular complexity index is 688. The van der Waals surface area contributed by atoms with Crippen molar-refractivity contribution in [2.45, 2.75) is 25.7 Å². The number of nitrogens with one attached hydrogen (secondary N) is 1. The number of hydrogen-bond donors (Lipinski definition) is 1. The fourth-order valence-electron chi connectivity index (χ4n) is 2.65. The van der Waals surface area contributed by atoms with E-state index in [0.717, 1.165) is 18.5 Å². The van der Waals surface area contributed by atoms with Crippen LogP contribution in [0.3, 0.4) is 0 Å². The van der Waals surface area contributed by atoms with E-state index in [2.05, 4.69) is 27.3 Å². The monoisotopic (exact) mass is 345 g/mol. The standard InChI is InChI=1S/C17H16BrNO2/c18-16-10-8-13(21-16)9-11-17(20)19-15-7-3-5-12-4-1-2-6-14(12)15/h3,5,7-11H,1-2,4,6H2,(H,19,20)/b11-9+. The van der Waals surface area contributed by atoms with E-state index in [1.165, 1.54) is 30.0 Å². The smallest absolute Gasteiger partial charge is 0.248 e. The van der Waals surface area contributed by atoms with E-state index >= 15 is 0 Å². The Morgan fingerprint density at radius 2 is 2.05 bits per heavy atom. The van der Waals surface area contributed by atoms with Crippen molar-refractivity contribution in [2.75, 3.05) is 5.32 Å². The van der Waals surface area contributed by atoms with Gasteiger partial charge in [-0.25, -0.2) is 0 Å². The van der Waals surface area contributed by atoms with Crippen LogP contribution < -0.4 is 5.32 Å². The number of anilines is 1. The molecule has 0 saturated heterocycles. The maximum absolute atomic E-state index is 12.0. The second-order valence-corrected chi connectivity index (χ2v) is 5.90. The third kappa shape index (κ3) is 3.45. The average molecular weight is 346 g/mol. The lowest BCUT2D eigenvalue weighted by molar-refractivity contribution is -0.111. The Hall–Kier alpha value is -1.81. The molecule has 0 bridgehead atoms. The minimum Gasteiger partial charge on any atom is -0.450 e. The Labute approximate surface area is 132 Å². The molecule has 4 heteroatoms. The lowest BCUT2D eigenvalue weighted by atomic mass is 9.90. The minimum absolute atomic E-state index is 0.138. The summed E-state index contributed by atoms with van der Waals surface area (Å²) in [4.78, 5) is 12.0. The van der Waals surface area contributed by atoms with Crippen molar-refractivity contribution >= 4 is 33.6 Å². The van der Waals surface area contributed by atoms with Crippen molar-refractivity contribution in [2.24, 2.45) is 0 Å². The van der Waals surface area contributed by atoms with Gasteiger partial charge >= 0.3 is 0 Å². The number of hydrogen-bond acceptors (Lipinski definition) is 2. The largest absolute Gasteiger partial charge is 0.450 e. The summed E-state index contributed by atoms with van der Waals surface area (Å²) in [5, 5.41) is 2.97. The first-order valence-corrected chi connectivity index (χ1v) is 7.87. The second kappa shape index (κ2) is 6.31. The Kier molecular flexibility index (Phi) is 4.25. The second-order valence-electron chi connectivity index (χ2n) is 5.11. The van der Waals surface area contributed by atoms with Crippen molar-refractivity contribution < 1.29 is 9.21 Å². The van der Waals surface area contributed by atoms with Gasteiger partial charge in [0.2, 0.25) is 5.91 Å². The SMILES string of the molecule is O=C(/C=C/c1ccc(Br)o1)Nc1cccc2c1CCCC2. The van der Waals surface area contributed by atoms with Gasteiger partial charge < -0.3 is 9.73 Å². The maximum atomic E-state index is 12.0. The molecule has 2 aromatic rings. The van der Waals surface area contributed by atoms with E-state index in [1.807, 2.05) is 12.1 Å². The molecule has 0 aliphatic heterocycles. The Balaban J connectivity index is 1.72. The highest BCUT2D eigenvalue weighted by Gasteiger charge is 2.13. The molecule has 0 atom stereocenters. The number of amides is 1. The van der Waals surface area contributed by atoms with Crippen molar-refractivity contribution in [3.63, 3.8) is 0 Å². The number of halogens is 1. The third-order valence-corrected chi connectivity index (χ3v) is 4.07. The van der Waals surface area contributed by atoms with Crippen LogP contribution >= 0.6 is 15.9 Å². The highest BCUT2D eigenvalue weighted by atomic mass is 79.9. The van der Waals surface area contributed by atoms with E-state index in [1.54, 1.807) is 18.2 Å². The van der Waals surface area contributed by atoms with Gasteiger partial charge in [0.15, 0.2) is 4.67 Å². The molecule has 1 N–H and O–H groups in total. The molecule has 0 spiro atoms. The molecular weight excluding hydrogens is 330 g/mol. The number of carbonyl (C=O) groups excluding carboxylic acids is 1. The van der Waals surface area contributed by atoms with Gasteiger partial charge in [-0.05, 0) is 77.0 Å². The molecule has 21 heavy (non-hydrogen) atoms. The molecule has 0 saturated carbocycles. The summed E-state index contributed by atoms with van der Waals surface area (Å²) >= 11 is 3.23. The van der Waals surface area contributed by atoms with Crippen LogP contribution in [-0.2, 0) is 17.6 Å². The fourth-order valence-corrected chi connectivity index (χ4v) is 2.97. The highest BCUT2D eigenvalue weighted by Crippen LogP contribution is 2.27. The van der Waals surface area contributed by atoms with Crippen LogP contribution in [0.4, 0.5) is 5.69 Å². The highest BCUT2D eigenvalue weighted by molar-refractivity contribution is 9.10. The van der Waals surface area contributed by atoms with Gasteiger partial charge in [0.1, 0.15) is 5.76 Å². The first kappa shape index (κ1) is 14.1. The quantitative estimate of drug-likeness (QED) is 0.827. The van der Waals surface area contributed by atoms with Gasteiger partial charge in [-0.2, -0.15) is 0 Å². The fraction of sp³-hybridized carbons (Fsp3) is 0.235. The predicted octanol–water partition coefficient (Wildman–Crippen LogP) is 4.57. The molecule has 0 radical (unpaired) electrons. The zero-order chi connectivity index (χ0) is 14.7. The maximum Gasteiger partial charge on any atom is 0.248 e. The summed E-state index contributed by atoms with van der Waals surface area (Å²) in [5.41, 5.74) is 3.58. The molecule has 1 heterocycles. The van der Waals surface area contributed by atoms with E-state index in [9.17, 15) is 4.79 Å². The number of furan rings is 1. The number of fused-ring (bicyclic) bond motifs is 1. The topological polar surface area (TPSA) is 42.2 Å². The van der Waals surface area contributed by atoms with Gasteiger partial charge in [-0.3, -0.25) is 4.79 Å². The molecule has 0 fully saturated rings. The normalized spacial score (nSPS) is 14.1. The summed E-state index contributed by atoms with van der Waals surface area (Å²) in [6.45, 7) is 0. The lowest BCUT2D eigenvalue weighted by Gasteiger charge is -2.19. The molecule has 3 rings (SSSR count). The predicted molar refractivity (Wildman–Crippen MR) is 87.2 cm³/mol. The molecule has 1 amide bonds. The van der Waals surface area contributed by atoms with Gasteiger partial charge in [0, 0.05) is 11.8 Å². The van der Waals surface area contributed by atoms with Gasteiger partial charge in [0.05, 0.1) is 0 Å². The third-order valence-electron chi connectivity index (χ3n) is 3.65. The minimum atomic E-state index is -0.138. The van der Waals surface area contributed by atoms with Gasteiger partial charge in [0.25, 0.3) is 0 Å². The number of aryl methyl sites for hydroxylation is 1. The number of benzene rings is 1. The van der Waals surface area contributed by atoms with Crippen LogP contribution in [0.25, 0.3) is 6.08 Å². The van der Waals surface area contributed by atoms with Crippen molar-refractivity contribution in [3.05, 3.63) is 58.0 Å². The van der Waals surface area contributed by atoms with Gasteiger partial charge in [-0.15, -0.1) is 0 Å². The number of rotatable bonds is 3. The summed E-state index contributed by atoms with van der Waals surface area (Å²) in [7, 11) is 0. The van der Waals surface area contributed by atoms with Crippen LogP contribution in [0.15, 0.2) is 45.5 Å². The Morgan fingerprint density at radius 1 is 1.19 bits per heavy atom. The summed E-state index contributed by atoms with van der Waals surface area (Å²) in [6.07, 6.45) is 7.73. The first-order valence-electron chi connectivity index (χ1n) is 7.07. The van der Waals surface area contributed by atoms with Crippen LogP contribution in [0.5, 0.6) is 0 Å². The van der Waals surface area contributed by atoms with Crippen LogP contribution in [0.2, 0.25) is 0 Å². The van der Waals surface area contributed by atoms with Crippen molar-refractivity contribution in [1.82, 2.24) is 0 Å². The molecule has 1 aromatic carbocycles. The number of carbonyl (C=O) groups is 1. The van der Waals surface area contributed by atoms with Crippen molar-refractivity contribution in [3.8, 4) is 0 Å². The molecule has 0 unspecified atom stereocenters. The zero-order valence-corrected chi connectivity index (χ0v) is 13.2. The van der Waals surface area contributed by atoms with Crippen LogP contribution in [-0.4, -0.2) is 5.91 Å². The summed E-state index contributed by atoms with van der Waals surface area (Å²) in [5.74, 6) is 0.508. The lowest BCUT2D eigenvalue weighted by Crippen LogP contribution is -2.12. The molecule has 3 nitrogen and oxygen atoms in total.